The van der Waals surface area contributed by atoms with Crippen LogP contribution in [0.3, 0.4) is 0 Å². The molecular weight excluding hydrogens is 230 g/mol. The first kappa shape index (κ1) is 13.4. The van der Waals surface area contributed by atoms with Crippen LogP contribution in [0.15, 0.2) is 0 Å². The van der Waals surface area contributed by atoms with Crippen molar-refractivity contribution in [1.29, 1.82) is 0 Å². The SMILES string of the molecule is O=C(O)[C@H]1CCCC[C@@H]1C(=O)NC1CCCCC1. The van der Waals surface area contributed by atoms with Gasteiger partial charge in [-0.25, -0.2) is 0 Å². The predicted molar refractivity (Wildman–Crippen MR) is 68.1 cm³/mol. The van der Waals surface area contributed by atoms with E-state index in [1.165, 1.54) is 19.3 Å². The maximum absolute atomic E-state index is 12.2. The minimum atomic E-state index is -0.807. The van der Waals surface area contributed by atoms with E-state index in [-0.39, 0.29) is 17.9 Å². The van der Waals surface area contributed by atoms with E-state index in [1.54, 1.807) is 0 Å². The molecule has 2 atom stereocenters. The summed E-state index contributed by atoms with van der Waals surface area (Å²) in [5.74, 6) is -1.60. The van der Waals surface area contributed by atoms with Crippen molar-refractivity contribution in [1.82, 2.24) is 5.32 Å². The quantitative estimate of drug-likeness (QED) is 0.811. The van der Waals surface area contributed by atoms with Gasteiger partial charge in [0.1, 0.15) is 0 Å². The van der Waals surface area contributed by atoms with Gasteiger partial charge in [0.15, 0.2) is 0 Å². The lowest BCUT2D eigenvalue weighted by Gasteiger charge is -2.30. The van der Waals surface area contributed by atoms with Gasteiger partial charge in [0.05, 0.1) is 11.8 Å². The highest BCUT2D eigenvalue weighted by Crippen LogP contribution is 2.31. The van der Waals surface area contributed by atoms with Crippen molar-refractivity contribution in [2.45, 2.75) is 63.8 Å². The number of carboxylic acid groups (broad SMARTS) is 1. The molecule has 102 valence electrons. The van der Waals surface area contributed by atoms with Crippen LogP contribution < -0.4 is 5.32 Å². The summed E-state index contributed by atoms with van der Waals surface area (Å²) in [6.07, 6.45) is 9.01. The Labute approximate surface area is 108 Å². The zero-order chi connectivity index (χ0) is 13.0. The average molecular weight is 253 g/mol. The third-order valence-corrected chi connectivity index (χ3v) is 4.37. The molecule has 2 aliphatic carbocycles. The Balaban J connectivity index is 1.91. The minimum Gasteiger partial charge on any atom is -0.481 e. The summed E-state index contributed by atoms with van der Waals surface area (Å²) in [6, 6.07) is 0.280. The van der Waals surface area contributed by atoms with E-state index >= 15 is 0 Å². The molecule has 4 heteroatoms. The van der Waals surface area contributed by atoms with Crippen molar-refractivity contribution < 1.29 is 14.7 Å². The lowest BCUT2D eigenvalue weighted by atomic mass is 9.78. The summed E-state index contributed by atoms with van der Waals surface area (Å²) in [4.78, 5) is 23.4. The molecule has 0 heterocycles. The molecule has 0 aromatic heterocycles. The Bertz CT molecular complexity index is 310. The van der Waals surface area contributed by atoms with Gasteiger partial charge in [0.25, 0.3) is 0 Å². The first-order chi connectivity index (χ1) is 8.68. The number of carboxylic acids is 1. The van der Waals surface area contributed by atoms with Crippen LogP contribution in [0.25, 0.3) is 0 Å². The molecule has 18 heavy (non-hydrogen) atoms. The number of carbonyl (C=O) groups excluding carboxylic acids is 1. The Kier molecular flexibility index (Phi) is 4.61. The van der Waals surface area contributed by atoms with Crippen LogP contribution in [0.5, 0.6) is 0 Å². The number of hydrogen-bond acceptors (Lipinski definition) is 2. The summed E-state index contributed by atoms with van der Waals surface area (Å²) in [5.41, 5.74) is 0. The van der Waals surface area contributed by atoms with Crippen LogP contribution in [0.1, 0.15) is 57.8 Å². The van der Waals surface area contributed by atoms with Gasteiger partial charge < -0.3 is 10.4 Å². The summed E-state index contributed by atoms with van der Waals surface area (Å²) >= 11 is 0. The van der Waals surface area contributed by atoms with E-state index < -0.39 is 11.9 Å². The molecule has 0 radical (unpaired) electrons. The fraction of sp³-hybridized carbons (Fsp3) is 0.857. The van der Waals surface area contributed by atoms with Crippen molar-refractivity contribution in [3.8, 4) is 0 Å². The van der Waals surface area contributed by atoms with Crippen LogP contribution >= 0.6 is 0 Å². The second-order valence-corrected chi connectivity index (χ2v) is 5.68. The lowest BCUT2D eigenvalue weighted by Crippen LogP contribution is -2.44. The number of carbonyl (C=O) groups is 2. The molecule has 0 aromatic rings. The smallest absolute Gasteiger partial charge is 0.307 e. The minimum absolute atomic E-state index is 0.0194. The van der Waals surface area contributed by atoms with Gasteiger partial charge in [-0.1, -0.05) is 32.1 Å². The molecule has 2 fully saturated rings. The highest BCUT2D eigenvalue weighted by molar-refractivity contribution is 5.85. The van der Waals surface area contributed by atoms with Crippen molar-refractivity contribution in [3.05, 3.63) is 0 Å². The summed E-state index contributed by atoms with van der Waals surface area (Å²) in [6.45, 7) is 0. The first-order valence-electron chi connectivity index (χ1n) is 7.21. The fourth-order valence-electron chi connectivity index (χ4n) is 3.30. The lowest BCUT2D eigenvalue weighted by molar-refractivity contribution is -0.149. The normalized spacial score (nSPS) is 29.8. The highest BCUT2D eigenvalue weighted by Gasteiger charge is 2.36. The Morgan fingerprint density at radius 3 is 2.00 bits per heavy atom. The van der Waals surface area contributed by atoms with Crippen LogP contribution in [-0.2, 0) is 9.59 Å². The average Bonchev–Trinajstić information content (AvgIpc) is 2.40. The van der Waals surface area contributed by atoms with Crippen LogP contribution in [-0.4, -0.2) is 23.0 Å². The van der Waals surface area contributed by atoms with E-state index in [0.29, 0.717) is 6.42 Å². The zero-order valence-electron chi connectivity index (χ0n) is 10.9. The van der Waals surface area contributed by atoms with Crippen molar-refractivity contribution >= 4 is 11.9 Å². The number of amides is 1. The van der Waals surface area contributed by atoms with E-state index in [1.807, 2.05) is 0 Å². The van der Waals surface area contributed by atoms with Gasteiger partial charge in [0.2, 0.25) is 5.91 Å². The maximum Gasteiger partial charge on any atom is 0.307 e. The predicted octanol–water partition coefficient (Wildman–Crippen LogP) is 2.33. The molecule has 2 aliphatic rings. The van der Waals surface area contributed by atoms with E-state index in [4.69, 9.17) is 0 Å². The summed E-state index contributed by atoms with van der Waals surface area (Å²) < 4.78 is 0. The molecule has 0 bridgehead atoms. The number of hydrogen-bond donors (Lipinski definition) is 2. The molecule has 0 aromatic carbocycles. The molecule has 1 amide bonds. The molecule has 2 rings (SSSR count). The second kappa shape index (κ2) is 6.21. The maximum atomic E-state index is 12.2. The molecule has 0 aliphatic heterocycles. The molecule has 2 saturated carbocycles. The van der Waals surface area contributed by atoms with Crippen molar-refractivity contribution in [2.75, 3.05) is 0 Å². The van der Waals surface area contributed by atoms with Gasteiger partial charge in [-0.05, 0) is 25.7 Å². The number of aliphatic carboxylic acids is 1. The molecular formula is C14H23NO3. The second-order valence-electron chi connectivity index (χ2n) is 5.68. The Morgan fingerprint density at radius 2 is 1.39 bits per heavy atom. The van der Waals surface area contributed by atoms with Crippen LogP contribution in [0.4, 0.5) is 0 Å². The number of rotatable bonds is 3. The molecule has 2 N–H and O–H groups in total. The Morgan fingerprint density at radius 1 is 0.833 bits per heavy atom. The van der Waals surface area contributed by atoms with Gasteiger partial charge >= 0.3 is 5.97 Å². The summed E-state index contributed by atoms with van der Waals surface area (Å²) in [5, 5.41) is 12.3. The molecule has 0 spiro atoms. The third kappa shape index (κ3) is 3.24. The first-order valence-corrected chi connectivity index (χ1v) is 7.21. The highest BCUT2D eigenvalue weighted by atomic mass is 16.4. The summed E-state index contributed by atoms with van der Waals surface area (Å²) in [7, 11) is 0. The third-order valence-electron chi connectivity index (χ3n) is 4.37. The van der Waals surface area contributed by atoms with Gasteiger partial charge in [-0.15, -0.1) is 0 Å². The van der Waals surface area contributed by atoms with E-state index in [9.17, 15) is 14.7 Å². The van der Waals surface area contributed by atoms with Crippen molar-refractivity contribution in [2.24, 2.45) is 11.8 Å². The number of nitrogens with one attached hydrogen (secondary N) is 1. The van der Waals surface area contributed by atoms with Crippen LogP contribution in [0.2, 0.25) is 0 Å². The largest absolute Gasteiger partial charge is 0.481 e. The van der Waals surface area contributed by atoms with Crippen molar-refractivity contribution in [3.63, 3.8) is 0 Å². The fourth-order valence-corrected chi connectivity index (χ4v) is 3.30. The molecule has 4 nitrogen and oxygen atoms in total. The van der Waals surface area contributed by atoms with E-state index in [0.717, 1.165) is 32.1 Å². The topological polar surface area (TPSA) is 66.4 Å². The molecule has 0 saturated heterocycles. The van der Waals surface area contributed by atoms with Crippen LogP contribution in [0, 0.1) is 11.8 Å². The van der Waals surface area contributed by atoms with Gasteiger partial charge in [-0.3, -0.25) is 9.59 Å². The van der Waals surface area contributed by atoms with E-state index in [2.05, 4.69) is 5.32 Å². The standard InChI is InChI=1S/C14H23NO3/c16-13(15-10-6-2-1-3-7-10)11-8-4-5-9-12(11)14(17)18/h10-12H,1-9H2,(H,15,16)(H,17,18)/t11-,12-/m0/s1. The Hall–Kier alpha value is -1.06. The van der Waals surface area contributed by atoms with Gasteiger partial charge in [-0.2, -0.15) is 0 Å². The zero-order valence-corrected chi connectivity index (χ0v) is 10.9. The monoisotopic (exact) mass is 253 g/mol. The molecule has 0 unspecified atom stereocenters. The van der Waals surface area contributed by atoms with Gasteiger partial charge in [0, 0.05) is 6.04 Å².